The molecule has 1 aliphatic carbocycles. The number of benzene rings is 3. The van der Waals surface area contributed by atoms with Crippen LogP contribution in [0.15, 0.2) is 103 Å². The molecule has 1 saturated heterocycles. The molecule has 3 aromatic carbocycles. The molecule has 2 aliphatic rings. The molecule has 6 atom stereocenters. The maximum atomic E-state index is 10.9. The van der Waals surface area contributed by atoms with E-state index in [-0.39, 0.29) is 29.1 Å². The van der Waals surface area contributed by atoms with E-state index in [1.54, 1.807) is 0 Å². The standard InChI is InChI=1S/C34H42O4Si/c1-34(2,3)39(27-15-9-5-10-16-27,28-17-11-6-12-18-28)38-32-24-31-30(23-33(36)37-31)29(32)22-21-26(35)20-19-25-13-7-4-8-14-25/h4-18,21-22,26,29-33,35-36H,19-20,23-24H2,1-3H3/b22-21+/t26-,29+,30+,31-,32+,33?/m0/s1. The van der Waals surface area contributed by atoms with Gasteiger partial charge in [-0.2, -0.15) is 0 Å². The second-order valence-corrected chi connectivity index (χ2v) is 16.4. The third kappa shape index (κ3) is 5.98. The highest BCUT2D eigenvalue weighted by atomic mass is 28.4. The Balaban J connectivity index is 1.46. The summed E-state index contributed by atoms with van der Waals surface area (Å²) < 4.78 is 13.5. The van der Waals surface area contributed by atoms with E-state index in [1.165, 1.54) is 15.9 Å². The number of aryl methyl sites for hydroxylation is 1. The Morgan fingerprint density at radius 1 is 0.897 bits per heavy atom. The minimum absolute atomic E-state index is 0.0423. The van der Waals surface area contributed by atoms with Gasteiger partial charge in [-0.25, -0.2) is 0 Å². The zero-order valence-corrected chi connectivity index (χ0v) is 24.3. The molecule has 4 nitrogen and oxygen atoms in total. The monoisotopic (exact) mass is 542 g/mol. The van der Waals surface area contributed by atoms with Crippen molar-refractivity contribution in [2.45, 2.75) is 76.1 Å². The van der Waals surface area contributed by atoms with Gasteiger partial charge in [0.2, 0.25) is 0 Å². The Labute approximate surface area is 234 Å². The molecule has 1 heterocycles. The largest absolute Gasteiger partial charge is 0.404 e. The van der Waals surface area contributed by atoms with E-state index < -0.39 is 20.7 Å². The lowest BCUT2D eigenvalue weighted by Gasteiger charge is -2.45. The minimum Gasteiger partial charge on any atom is -0.404 e. The summed E-state index contributed by atoms with van der Waals surface area (Å²) in [4.78, 5) is 0. The van der Waals surface area contributed by atoms with Crippen LogP contribution in [0.3, 0.4) is 0 Å². The van der Waals surface area contributed by atoms with Crippen molar-refractivity contribution in [2.24, 2.45) is 11.8 Å². The van der Waals surface area contributed by atoms with Crippen LogP contribution in [0.1, 0.15) is 45.6 Å². The van der Waals surface area contributed by atoms with Crippen molar-refractivity contribution in [1.82, 2.24) is 0 Å². The number of fused-ring (bicyclic) bond motifs is 1. The van der Waals surface area contributed by atoms with Crippen molar-refractivity contribution in [1.29, 1.82) is 0 Å². The van der Waals surface area contributed by atoms with Gasteiger partial charge in [-0.05, 0) is 46.2 Å². The Kier molecular flexibility index (Phi) is 8.55. The molecule has 5 heteroatoms. The number of aliphatic hydroxyl groups excluding tert-OH is 2. The summed E-state index contributed by atoms with van der Waals surface area (Å²) in [5.41, 5.74) is 1.23. The van der Waals surface area contributed by atoms with E-state index in [2.05, 4.69) is 99.6 Å². The van der Waals surface area contributed by atoms with E-state index in [9.17, 15) is 10.2 Å². The predicted octanol–water partition coefficient (Wildman–Crippen LogP) is 5.22. The summed E-state index contributed by atoms with van der Waals surface area (Å²) >= 11 is 0. The van der Waals surface area contributed by atoms with Crippen LogP contribution in [0, 0.1) is 11.8 Å². The summed E-state index contributed by atoms with van der Waals surface area (Å²) in [5, 5.41) is 23.6. The molecule has 1 aliphatic heterocycles. The van der Waals surface area contributed by atoms with Gasteiger partial charge in [-0.3, -0.25) is 0 Å². The van der Waals surface area contributed by atoms with E-state index in [0.29, 0.717) is 12.8 Å². The number of aliphatic hydroxyl groups is 2. The zero-order valence-electron chi connectivity index (χ0n) is 23.3. The highest BCUT2D eigenvalue weighted by molar-refractivity contribution is 6.99. The van der Waals surface area contributed by atoms with Crippen molar-refractivity contribution >= 4 is 18.7 Å². The van der Waals surface area contributed by atoms with Crippen molar-refractivity contribution in [3.8, 4) is 0 Å². The molecule has 1 unspecified atom stereocenters. The van der Waals surface area contributed by atoms with Crippen LogP contribution in [0.4, 0.5) is 0 Å². The van der Waals surface area contributed by atoms with Crippen LogP contribution in [0.5, 0.6) is 0 Å². The van der Waals surface area contributed by atoms with Gasteiger partial charge in [0.1, 0.15) is 0 Å². The van der Waals surface area contributed by atoms with E-state index in [0.717, 1.165) is 12.8 Å². The van der Waals surface area contributed by atoms with Gasteiger partial charge in [0.15, 0.2) is 6.29 Å². The van der Waals surface area contributed by atoms with Gasteiger partial charge in [-0.15, -0.1) is 0 Å². The van der Waals surface area contributed by atoms with Crippen molar-refractivity contribution in [3.63, 3.8) is 0 Å². The van der Waals surface area contributed by atoms with Crippen molar-refractivity contribution in [3.05, 3.63) is 109 Å². The smallest absolute Gasteiger partial charge is 0.261 e. The van der Waals surface area contributed by atoms with Gasteiger partial charge >= 0.3 is 0 Å². The molecule has 0 radical (unpaired) electrons. The first-order valence-electron chi connectivity index (χ1n) is 14.3. The van der Waals surface area contributed by atoms with Gasteiger partial charge in [0, 0.05) is 12.3 Å². The lowest BCUT2D eigenvalue weighted by atomic mass is 9.91. The molecule has 0 bridgehead atoms. The van der Waals surface area contributed by atoms with Gasteiger partial charge in [0.25, 0.3) is 8.32 Å². The lowest BCUT2D eigenvalue weighted by Crippen LogP contribution is -2.68. The second-order valence-electron chi connectivity index (χ2n) is 12.1. The second kappa shape index (κ2) is 11.9. The summed E-state index contributed by atoms with van der Waals surface area (Å²) in [7, 11) is -2.75. The Morgan fingerprint density at radius 3 is 2.03 bits per heavy atom. The maximum Gasteiger partial charge on any atom is 0.261 e. The van der Waals surface area contributed by atoms with Crippen LogP contribution in [0.2, 0.25) is 5.04 Å². The Morgan fingerprint density at radius 2 is 1.46 bits per heavy atom. The van der Waals surface area contributed by atoms with Crippen molar-refractivity contribution in [2.75, 3.05) is 0 Å². The van der Waals surface area contributed by atoms with E-state index in [4.69, 9.17) is 9.16 Å². The molecule has 2 N–H and O–H groups in total. The topological polar surface area (TPSA) is 58.9 Å². The first-order valence-corrected chi connectivity index (χ1v) is 16.2. The number of rotatable bonds is 9. The van der Waals surface area contributed by atoms with Gasteiger partial charge in [0.05, 0.1) is 18.3 Å². The van der Waals surface area contributed by atoms with E-state index in [1.807, 2.05) is 24.3 Å². The highest BCUT2D eigenvalue weighted by Gasteiger charge is 2.56. The quantitative estimate of drug-likeness (QED) is 0.287. The Hall–Kier alpha value is -2.54. The molecule has 0 spiro atoms. The first-order chi connectivity index (χ1) is 18.8. The molecule has 2 fully saturated rings. The van der Waals surface area contributed by atoms with Gasteiger partial charge in [-0.1, -0.05) is 124 Å². The van der Waals surface area contributed by atoms with Crippen LogP contribution in [-0.4, -0.2) is 43.1 Å². The third-order valence-corrected chi connectivity index (χ3v) is 13.6. The first kappa shape index (κ1) is 28.0. The highest BCUT2D eigenvalue weighted by Crippen LogP contribution is 2.48. The minimum atomic E-state index is -2.75. The maximum absolute atomic E-state index is 10.9. The summed E-state index contributed by atoms with van der Waals surface area (Å²) in [6, 6.07) is 31.7. The fourth-order valence-electron chi connectivity index (χ4n) is 6.66. The number of ether oxygens (including phenoxy) is 1. The lowest BCUT2D eigenvalue weighted by molar-refractivity contribution is -0.0944. The van der Waals surface area contributed by atoms with Gasteiger partial charge < -0.3 is 19.4 Å². The summed E-state index contributed by atoms with van der Waals surface area (Å²) in [5.74, 6) is 0.223. The molecule has 3 aromatic rings. The normalized spacial score (nSPS) is 26.1. The molecule has 39 heavy (non-hydrogen) atoms. The van der Waals surface area contributed by atoms with Crippen LogP contribution in [-0.2, 0) is 15.6 Å². The van der Waals surface area contributed by atoms with Crippen LogP contribution in [0.25, 0.3) is 0 Å². The third-order valence-electron chi connectivity index (χ3n) is 8.54. The SMILES string of the molecule is CC(C)(C)[Si](O[C@@H]1C[C@@H]2OC(O)C[C@@H]2[C@H]1/C=C/[C@@H](O)CCc1ccccc1)(c1ccccc1)c1ccccc1. The Bertz CT molecular complexity index is 1170. The van der Waals surface area contributed by atoms with Crippen LogP contribution >= 0.6 is 0 Å². The van der Waals surface area contributed by atoms with Crippen molar-refractivity contribution < 1.29 is 19.4 Å². The molecule has 0 aromatic heterocycles. The zero-order chi connectivity index (χ0) is 27.5. The summed E-state index contributed by atoms with van der Waals surface area (Å²) in [6.07, 6.45) is 5.55. The average molecular weight is 543 g/mol. The number of hydrogen-bond acceptors (Lipinski definition) is 4. The molecule has 206 valence electrons. The molecule has 0 amide bonds. The molecule has 1 saturated carbocycles. The van der Waals surface area contributed by atoms with E-state index >= 15 is 0 Å². The van der Waals surface area contributed by atoms with Crippen LogP contribution < -0.4 is 10.4 Å². The average Bonchev–Trinajstić information content (AvgIpc) is 3.45. The molecular weight excluding hydrogens is 500 g/mol. The summed E-state index contributed by atoms with van der Waals surface area (Å²) in [6.45, 7) is 6.90. The molecule has 5 rings (SSSR count). The predicted molar refractivity (Wildman–Crippen MR) is 159 cm³/mol. The molecular formula is C34H42O4Si. The number of hydrogen-bond donors (Lipinski definition) is 2. The fraction of sp³-hybridized carbons (Fsp3) is 0.412. The fourth-order valence-corrected chi connectivity index (χ4v) is 11.4.